The number of benzene rings is 1. The molecule has 1 heterocycles. The molecule has 0 radical (unpaired) electrons. The van der Waals surface area contributed by atoms with E-state index in [0.29, 0.717) is 17.8 Å². The first-order chi connectivity index (χ1) is 9.75. The number of piperidine rings is 1. The number of aromatic hydroxyl groups is 1. The number of nitrogens with zero attached hydrogens (tertiary/aromatic N) is 1. The maximum atomic E-state index is 9.89. The lowest BCUT2D eigenvalue weighted by molar-refractivity contribution is 0.168. The summed E-state index contributed by atoms with van der Waals surface area (Å²) in [6, 6.07) is 6.95. The minimum absolute atomic E-state index is 0.421. The van der Waals surface area contributed by atoms with E-state index in [9.17, 15) is 5.11 Å². The molecule has 0 amide bonds. The lowest BCUT2D eigenvalue weighted by Crippen LogP contribution is -2.43. The van der Waals surface area contributed by atoms with Crippen LogP contribution in [-0.2, 0) is 6.42 Å². The van der Waals surface area contributed by atoms with Gasteiger partial charge in [-0.15, -0.1) is 0 Å². The average molecular weight is 274 g/mol. The van der Waals surface area contributed by atoms with Crippen LogP contribution in [0.5, 0.6) is 5.75 Å². The van der Waals surface area contributed by atoms with Gasteiger partial charge in [0.2, 0.25) is 0 Å². The van der Waals surface area contributed by atoms with Crippen molar-refractivity contribution in [2.75, 3.05) is 19.6 Å². The highest BCUT2D eigenvalue weighted by atomic mass is 16.3. The van der Waals surface area contributed by atoms with Crippen molar-refractivity contribution in [1.29, 1.82) is 0 Å². The van der Waals surface area contributed by atoms with Gasteiger partial charge in [-0.2, -0.15) is 0 Å². The van der Waals surface area contributed by atoms with Crippen molar-refractivity contribution in [3.05, 3.63) is 29.3 Å². The smallest absolute Gasteiger partial charge is 0.119 e. The third-order valence-electron chi connectivity index (χ3n) is 4.92. The Kier molecular flexibility index (Phi) is 4.27. The Morgan fingerprint density at radius 1 is 1.30 bits per heavy atom. The lowest BCUT2D eigenvalue weighted by atomic mass is 10.1. The molecule has 3 nitrogen and oxygen atoms in total. The predicted octanol–water partition coefficient (Wildman–Crippen LogP) is 2.84. The summed E-state index contributed by atoms with van der Waals surface area (Å²) < 4.78 is 0. The summed E-state index contributed by atoms with van der Waals surface area (Å²) in [5.41, 5.74) is 2.45. The fourth-order valence-electron chi connectivity index (χ4n) is 3.65. The lowest BCUT2D eigenvalue weighted by Gasteiger charge is -2.33. The number of hydrogen-bond donors (Lipinski definition) is 2. The number of hydrogen-bond acceptors (Lipinski definition) is 3. The van der Waals surface area contributed by atoms with Crippen LogP contribution in [0.15, 0.2) is 18.2 Å². The van der Waals surface area contributed by atoms with Crippen molar-refractivity contribution >= 4 is 0 Å². The van der Waals surface area contributed by atoms with Gasteiger partial charge in [-0.1, -0.05) is 18.6 Å². The van der Waals surface area contributed by atoms with Crippen molar-refractivity contribution in [1.82, 2.24) is 10.2 Å². The molecule has 0 aromatic heterocycles. The molecular formula is C17H26N2O. The van der Waals surface area contributed by atoms with Crippen LogP contribution in [0.2, 0.25) is 0 Å². The Morgan fingerprint density at radius 2 is 2.10 bits per heavy atom. The number of rotatable bonds is 4. The van der Waals surface area contributed by atoms with Gasteiger partial charge in [0, 0.05) is 18.6 Å². The van der Waals surface area contributed by atoms with Gasteiger partial charge in [0.05, 0.1) is 0 Å². The third-order valence-corrected chi connectivity index (χ3v) is 4.92. The van der Waals surface area contributed by atoms with Crippen LogP contribution < -0.4 is 5.32 Å². The van der Waals surface area contributed by atoms with E-state index in [2.05, 4.69) is 23.2 Å². The molecule has 0 bridgehead atoms. The van der Waals surface area contributed by atoms with Crippen LogP contribution in [0.1, 0.15) is 49.8 Å². The summed E-state index contributed by atoms with van der Waals surface area (Å²) in [5.74, 6) is 0.468. The number of nitrogens with one attached hydrogen (secondary N) is 1. The van der Waals surface area contributed by atoms with Gasteiger partial charge in [-0.05, 0) is 62.9 Å². The maximum absolute atomic E-state index is 9.89. The largest absolute Gasteiger partial charge is 0.508 e. The fourth-order valence-corrected chi connectivity index (χ4v) is 3.65. The molecule has 2 atom stereocenters. The second kappa shape index (κ2) is 6.15. The molecule has 110 valence electrons. The summed E-state index contributed by atoms with van der Waals surface area (Å²) in [6.07, 6.45) is 6.21. The van der Waals surface area contributed by atoms with Gasteiger partial charge < -0.3 is 10.4 Å². The summed E-state index contributed by atoms with van der Waals surface area (Å²) in [4.78, 5) is 2.61. The quantitative estimate of drug-likeness (QED) is 0.886. The monoisotopic (exact) mass is 274 g/mol. The summed E-state index contributed by atoms with van der Waals surface area (Å²) in [5, 5.41) is 13.6. The fraction of sp³-hybridized carbons (Fsp3) is 0.647. The van der Waals surface area contributed by atoms with E-state index in [-0.39, 0.29) is 0 Å². The zero-order valence-corrected chi connectivity index (χ0v) is 12.4. The van der Waals surface area contributed by atoms with Crippen molar-refractivity contribution in [3.8, 4) is 5.75 Å². The average Bonchev–Trinajstić information content (AvgIpc) is 2.90. The highest BCUT2D eigenvalue weighted by Crippen LogP contribution is 2.36. The first-order valence-corrected chi connectivity index (χ1v) is 8.04. The van der Waals surface area contributed by atoms with E-state index >= 15 is 0 Å². The zero-order valence-electron chi connectivity index (χ0n) is 12.4. The van der Waals surface area contributed by atoms with Crippen LogP contribution in [0.3, 0.4) is 0 Å². The Bertz CT molecular complexity index is 454. The Balaban J connectivity index is 1.56. The second-order valence-corrected chi connectivity index (χ2v) is 6.29. The molecule has 1 aliphatic heterocycles. The van der Waals surface area contributed by atoms with Gasteiger partial charge >= 0.3 is 0 Å². The van der Waals surface area contributed by atoms with E-state index in [1.165, 1.54) is 37.9 Å². The van der Waals surface area contributed by atoms with Crippen molar-refractivity contribution in [2.24, 2.45) is 0 Å². The molecule has 3 heteroatoms. The molecule has 1 aromatic carbocycles. The Labute approximate surface area is 122 Å². The molecule has 0 spiro atoms. The standard InChI is InChI=1S/C17H26N2O/c1-13(19-10-3-2-4-11-19)12-18-16-9-8-15-14(16)6-5-7-17(15)20/h5-7,13,16,18,20H,2-4,8-12H2,1H3. The maximum Gasteiger partial charge on any atom is 0.119 e. The second-order valence-electron chi connectivity index (χ2n) is 6.29. The summed E-state index contributed by atoms with van der Waals surface area (Å²) >= 11 is 0. The summed E-state index contributed by atoms with van der Waals surface area (Å²) in [7, 11) is 0. The highest BCUT2D eigenvalue weighted by Gasteiger charge is 2.25. The molecule has 2 unspecified atom stereocenters. The van der Waals surface area contributed by atoms with Gasteiger partial charge in [0.1, 0.15) is 5.75 Å². The SMILES string of the molecule is CC(CNC1CCc2c(O)cccc21)N1CCCCC1. The zero-order chi connectivity index (χ0) is 13.9. The molecule has 1 fully saturated rings. The normalized spacial score (nSPS) is 24.6. The van der Waals surface area contributed by atoms with Crippen LogP contribution in [-0.4, -0.2) is 35.7 Å². The van der Waals surface area contributed by atoms with Crippen molar-refractivity contribution < 1.29 is 5.11 Å². The molecular weight excluding hydrogens is 248 g/mol. The number of phenols is 1. The molecule has 2 N–H and O–H groups in total. The topological polar surface area (TPSA) is 35.5 Å². The highest BCUT2D eigenvalue weighted by molar-refractivity contribution is 5.44. The van der Waals surface area contributed by atoms with Crippen LogP contribution in [0, 0.1) is 0 Å². The van der Waals surface area contributed by atoms with Gasteiger partial charge in [0.25, 0.3) is 0 Å². The van der Waals surface area contributed by atoms with Crippen molar-refractivity contribution in [3.63, 3.8) is 0 Å². The molecule has 1 aliphatic carbocycles. The molecule has 3 rings (SSSR count). The Hall–Kier alpha value is -1.06. The molecule has 0 saturated carbocycles. The van der Waals surface area contributed by atoms with Gasteiger partial charge in [-0.3, -0.25) is 4.90 Å². The van der Waals surface area contributed by atoms with Crippen molar-refractivity contribution in [2.45, 2.75) is 51.1 Å². The third kappa shape index (κ3) is 2.84. The summed E-state index contributed by atoms with van der Waals surface area (Å²) in [6.45, 7) is 5.88. The molecule has 20 heavy (non-hydrogen) atoms. The van der Waals surface area contributed by atoms with Gasteiger partial charge in [-0.25, -0.2) is 0 Å². The first kappa shape index (κ1) is 13.9. The number of likely N-dealkylation sites (tertiary alicyclic amines) is 1. The Morgan fingerprint density at radius 3 is 2.90 bits per heavy atom. The molecule has 2 aliphatic rings. The number of phenolic OH excluding ortho intramolecular Hbond substituents is 1. The van der Waals surface area contributed by atoms with Crippen LogP contribution in [0.4, 0.5) is 0 Å². The van der Waals surface area contributed by atoms with E-state index in [1.54, 1.807) is 6.07 Å². The minimum Gasteiger partial charge on any atom is -0.508 e. The number of fused-ring (bicyclic) bond motifs is 1. The minimum atomic E-state index is 0.421. The van der Waals surface area contributed by atoms with Crippen LogP contribution >= 0.6 is 0 Å². The first-order valence-electron chi connectivity index (χ1n) is 8.04. The van der Waals surface area contributed by atoms with E-state index in [0.717, 1.165) is 24.9 Å². The molecule has 1 saturated heterocycles. The van der Waals surface area contributed by atoms with E-state index in [4.69, 9.17) is 0 Å². The van der Waals surface area contributed by atoms with Crippen LogP contribution in [0.25, 0.3) is 0 Å². The van der Waals surface area contributed by atoms with E-state index < -0.39 is 0 Å². The predicted molar refractivity (Wildman–Crippen MR) is 82.1 cm³/mol. The van der Waals surface area contributed by atoms with Gasteiger partial charge in [0.15, 0.2) is 0 Å². The van der Waals surface area contributed by atoms with E-state index in [1.807, 2.05) is 6.07 Å². The molecule has 1 aromatic rings.